The van der Waals surface area contributed by atoms with Crippen molar-refractivity contribution in [1.82, 2.24) is 0 Å². The molecular formula is C9H9FO4. The molecule has 1 aromatic rings. The molecule has 0 saturated carbocycles. The van der Waals surface area contributed by atoms with Crippen molar-refractivity contribution >= 4 is 5.97 Å². The summed E-state index contributed by atoms with van der Waals surface area (Å²) in [4.78, 5) is 10.5. The minimum Gasteiger partial charge on any atom is -0.504 e. The highest BCUT2D eigenvalue weighted by molar-refractivity contribution is 5.91. The molecule has 5 heteroatoms. The highest BCUT2D eigenvalue weighted by Crippen LogP contribution is 2.25. The van der Waals surface area contributed by atoms with E-state index < -0.39 is 29.2 Å². The fourth-order valence-corrected chi connectivity index (χ4v) is 1.02. The van der Waals surface area contributed by atoms with Gasteiger partial charge in [-0.05, 0) is 24.6 Å². The molecule has 0 aromatic heterocycles. The fraction of sp³-hybridized carbons (Fsp3) is 0.222. The number of hydrogen-bond acceptors (Lipinski definition) is 3. The van der Waals surface area contributed by atoms with Crippen LogP contribution in [-0.4, -0.2) is 21.3 Å². The Labute approximate surface area is 79.2 Å². The van der Waals surface area contributed by atoms with E-state index in [0.29, 0.717) is 0 Å². The van der Waals surface area contributed by atoms with Crippen LogP contribution >= 0.6 is 0 Å². The van der Waals surface area contributed by atoms with Crippen molar-refractivity contribution in [3.8, 4) is 5.75 Å². The maximum atomic E-state index is 12.9. The molecule has 0 heterocycles. The van der Waals surface area contributed by atoms with Crippen molar-refractivity contribution in [2.45, 2.75) is 13.0 Å². The molecule has 14 heavy (non-hydrogen) atoms. The molecule has 0 aliphatic rings. The molecule has 0 bridgehead atoms. The third kappa shape index (κ3) is 1.82. The smallest absolute Gasteiger partial charge is 0.339 e. The molecule has 3 N–H and O–H groups in total. The lowest BCUT2D eigenvalue weighted by Gasteiger charge is -2.07. The lowest BCUT2D eigenvalue weighted by molar-refractivity contribution is 0.0692. The summed E-state index contributed by atoms with van der Waals surface area (Å²) in [5.74, 6) is -3.41. The van der Waals surface area contributed by atoms with Crippen LogP contribution in [0.5, 0.6) is 5.75 Å². The number of hydrogen-bond donors (Lipinski definition) is 3. The molecule has 0 radical (unpaired) electrons. The summed E-state index contributed by atoms with van der Waals surface area (Å²) in [6, 6.07) is 1.93. The number of halogens is 1. The predicted molar refractivity (Wildman–Crippen MR) is 45.7 cm³/mol. The van der Waals surface area contributed by atoms with Crippen LogP contribution in [0.25, 0.3) is 0 Å². The van der Waals surface area contributed by atoms with Gasteiger partial charge < -0.3 is 15.3 Å². The summed E-state index contributed by atoms with van der Waals surface area (Å²) in [5, 5.41) is 26.7. The van der Waals surface area contributed by atoms with Gasteiger partial charge in [0.2, 0.25) is 0 Å². The average molecular weight is 200 g/mol. The van der Waals surface area contributed by atoms with Gasteiger partial charge in [-0.3, -0.25) is 0 Å². The van der Waals surface area contributed by atoms with Gasteiger partial charge in [0.25, 0.3) is 0 Å². The van der Waals surface area contributed by atoms with Crippen LogP contribution in [0, 0.1) is 5.82 Å². The number of aromatic carboxylic acids is 1. The largest absolute Gasteiger partial charge is 0.504 e. The second-order valence-electron chi connectivity index (χ2n) is 2.88. The molecule has 0 fully saturated rings. The molecule has 0 saturated heterocycles. The Kier molecular flexibility index (Phi) is 2.71. The summed E-state index contributed by atoms with van der Waals surface area (Å²) in [7, 11) is 0. The standard InChI is InChI=1S/C9H9FO4/c1-4(11)5-2-6(9(13)14)8(12)7(10)3-5/h2-4,11-12H,1H3,(H,13,14). The first kappa shape index (κ1) is 10.5. The zero-order chi connectivity index (χ0) is 10.9. The molecule has 0 amide bonds. The van der Waals surface area contributed by atoms with Crippen molar-refractivity contribution in [3.05, 3.63) is 29.1 Å². The Morgan fingerprint density at radius 3 is 2.50 bits per heavy atom. The van der Waals surface area contributed by atoms with Crippen LogP contribution in [0.2, 0.25) is 0 Å². The Balaban J connectivity index is 3.35. The number of carboxylic acid groups (broad SMARTS) is 1. The number of aliphatic hydroxyl groups excluding tert-OH is 1. The van der Waals surface area contributed by atoms with Crippen LogP contribution in [-0.2, 0) is 0 Å². The van der Waals surface area contributed by atoms with E-state index in [2.05, 4.69) is 0 Å². The normalized spacial score (nSPS) is 12.5. The maximum Gasteiger partial charge on any atom is 0.339 e. The monoisotopic (exact) mass is 200 g/mol. The van der Waals surface area contributed by atoms with Gasteiger partial charge in [0.1, 0.15) is 5.56 Å². The lowest BCUT2D eigenvalue weighted by atomic mass is 10.1. The van der Waals surface area contributed by atoms with Crippen molar-refractivity contribution in [3.63, 3.8) is 0 Å². The molecule has 76 valence electrons. The third-order valence-electron chi connectivity index (χ3n) is 1.80. The second kappa shape index (κ2) is 3.63. The Bertz CT molecular complexity index is 373. The molecule has 1 atom stereocenters. The zero-order valence-corrected chi connectivity index (χ0v) is 7.36. The number of phenols is 1. The van der Waals surface area contributed by atoms with E-state index >= 15 is 0 Å². The van der Waals surface area contributed by atoms with E-state index in [-0.39, 0.29) is 5.56 Å². The molecule has 4 nitrogen and oxygen atoms in total. The van der Waals surface area contributed by atoms with Crippen LogP contribution in [0.3, 0.4) is 0 Å². The quantitative estimate of drug-likeness (QED) is 0.672. The minimum atomic E-state index is -1.44. The van der Waals surface area contributed by atoms with Gasteiger partial charge in [-0.15, -0.1) is 0 Å². The van der Waals surface area contributed by atoms with Gasteiger partial charge in [0.15, 0.2) is 11.6 Å². The zero-order valence-electron chi connectivity index (χ0n) is 7.36. The van der Waals surface area contributed by atoms with E-state index in [1.807, 2.05) is 0 Å². The third-order valence-corrected chi connectivity index (χ3v) is 1.80. The van der Waals surface area contributed by atoms with Crippen molar-refractivity contribution in [2.75, 3.05) is 0 Å². The second-order valence-corrected chi connectivity index (χ2v) is 2.88. The Morgan fingerprint density at radius 1 is 1.50 bits per heavy atom. The van der Waals surface area contributed by atoms with E-state index in [1.165, 1.54) is 6.92 Å². The van der Waals surface area contributed by atoms with Gasteiger partial charge in [0.05, 0.1) is 6.10 Å². The van der Waals surface area contributed by atoms with E-state index in [4.69, 9.17) is 15.3 Å². The summed E-state index contributed by atoms with van der Waals surface area (Å²) >= 11 is 0. The van der Waals surface area contributed by atoms with Gasteiger partial charge in [0, 0.05) is 0 Å². The summed E-state index contributed by atoms with van der Waals surface area (Å²) in [6.45, 7) is 1.37. The van der Waals surface area contributed by atoms with Crippen LogP contribution in [0.4, 0.5) is 4.39 Å². The van der Waals surface area contributed by atoms with Crippen LogP contribution in [0.1, 0.15) is 28.9 Å². The average Bonchev–Trinajstić information content (AvgIpc) is 2.08. The maximum absolute atomic E-state index is 12.9. The first-order valence-corrected chi connectivity index (χ1v) is 3.87. The predicted octanol–water partition coefficient (Wildman–Crippen LogP) is 1.28. The van der Waals surface area contributed by atoms with Gasteiger partial charge in [-0.1, -0.05) is 0 Å². The highest BCUT2D eigenvalue weighted by Gasteiger charge is 2.16. The molecular weight excluding hydrogens is 191 g/mol. The molecule has 1 rings (SSSR count). The van der Waals surface area contributed by atoms with Gasteiger partial charge >= 0.3 is 5.97 Å². The van der Waals surface area contributed by atoms with E-state index in [9.17, 15) is 9.18 Å². The van der Waals surface area contributed by atoms with Crippen molar-refractivity contribution < 1.29 is 24.5 Å². The SMILES string of the molecule is CC(O)c1cc(F)c(O)c(C(=O)O)c1. The molecule has 0 spiro atoms. The van der Waals surface area contributed by atoms with E-state index in [0.717, 1.165) is 12.1 Å². The first-order chi connectivity index (χ1) is 6.43. The van der Waals surface area contributed by atoms with Crippen LogP contribution < -0.4 is 0 Å². The number of carbonyl (C=O) groups is 1. The topological polar surface area (TPSA) is 77.8 Å². The number of aliphatic hydroxyl groups is 1. The van der Waals surface area contributed by atoms with E-state index in [1.54, 1.807) is 0 Å². The van der Waals surface area contributed by atoms with Crippen molar-refractivity contribution in [2.24, 2.45) is 0 Å². The Morgan fingerprint density at radius 2 is 2.07 bits per heavy atom. The summed E-state index contributed by atoms with van der Waals surface area (Å²) in [5.41, 5.74) is -0.446. The highest BCUT2D eigenvalue weighted by atomic mass is 19.1. The van der Waals surface area contributed by atoms with Gasteiger partial charge in [-0.2, -0.15) is 0 Å². The number of rotatable bonds is 2. The molecule has 0 aliphatic carbocycles. The van der Waals surface area contributed by atoms with Gasteiger partial charge in [-0.25, -0.2) is 9.18 Å². The lowest BCUT2D eigenvalue weighted by Crippen LogP contribution is -2.02. The summed E-state index contributed by atoms with van der Waals surface area (Å²) < 4.78 is 12.9. The number of aromatic hydroxyl groups is 1. The molecule has 1 unspecified atom stereocenters. The van der Waals surface area contributed by atoms with Crippen LogP contribution in [0.15, 0.2) is 12.1 Å². The summed E-state index contributed by atoms with van der Waals surface area (Å²) in [6.07, 6.45) is -0.983. The molecule has 1 aromatic carbocycles. The minimum absolute atomic E-state index is 0.109. The number of carboxylic acids is 1. The number of benzene rings is 1. The fourth-order valence-electron chi connectivity index (χ4n) is 1.02. The van der Waals surface area contributed by atoms with Crippen molar-refractivity contribution in [1.29, 1.82) is 0 Å². The molecule has 0 aliphatic heterocycles. The Hall–Kier alpha value is -1.62. The first-order valence-electron chi connectivity index (χ1n) is 3.87.